The number of H-pyrrole nitrogens is 1. The van der Waals surface area contributed by atoms with Gasteiger partial charge in [0, 0.05) is 21.6 Å². The van der Waals surface area contributed by atoms with Crippen molar-refractivity contribution in [1.29, 1.82) is 0 Å². The van der Waals surface area contributed by atoms with E-state index in [0.717, 1.165) is 10.9 Å². The number of carbonyl (C=O) groups excluding carboxylic acids is 2. The number of carbonyl (C=O) groups is 2. The van der Waals surface area contributed by atoms with E-state index >= 15 is 0 Å². The highest BCUT2D eigenvalue weighted by Crippen LogP contribution is 2.30. The first-order valence-electron chi connectivity index (χ1n) is 7.25. The Labute approximate surface area is 141 Å². The van der Waals surface area contributed by atoms with Crippen LogP contribution in [0, 0.1) is 0 Å². The Bertz CT molecular complexity index is 980. The third-order valence-corrected chi connectivity index (χ3v) is 3.93. The molecule has 3 aromatic rings. The van der Waals surface area contributed by atoms with Crippen LogP contribution in [0.25, 0.3) is 10.9 Å². The monoisotopic (exact) mass is 341 g/mol. The molecule has 0 saturated carbocycles. The molecule has 1 aliphatic rings. The number of rotatable bonds is 2. The van der Waals surface area contributed by atoms with Crippen LogP contribution < -0.4 is 15.4 Å². The fourth-order valence-corrected chi connectivity index (χ4v) is 2.77. The smallest absolute Gasteiger partial charge is 0.272 e. The van der Waals surface area contributed by atoms with Crippen molar-refractivity contribution in [2.45, 2.75) is 0 Å². The first-order valence-corrected chi connectivity index (χ1v) is 7.62. The molecule has 0 spiro atoms. The average molecular weight is 342 g/mol. The number of benzene rings is 2. The van der Waals surface area contributed by atoms with Gasteiger partial charge in [-0.25, -0.2) is 0 Å². The lowest BCUT2D eigenvalue weighted by atomic mass is 10.2. The number of halogens is 1. The zero-order valence-corrected chi connectivity index (χ0v) is 13.1. The van der Waals surface area contributed by atoms with E-state index in [0.29, 0.717) is 27.8 Å². The molecule has 0 fully saturated rings. The van der Waals surface area contributed by atoms with Gasteiger partial charge in [-0.1, -0.05) is 11.6 Å². The van der Waals surface area contributed by atoms with Gasteiger partial charge < -0.3 is 20.4 Å². The van der Waals surface area contributed by atoms with Crippen molar-refractivity contribution in [2.24, 2.45) is 0 Å². The van der Waals surface area contributed by atoms with Gasteiger partial charge in [0.15, 0.2) is 6.61 Å². The fourth-order valence-electron chi connectivity index (χ4n) is 2.59. The average Bonchev–Trinajstić information content (AvgIpc) is 2.97. The lowest BCUT2D eigenvalue weighted by Gasteiger charge is -2.18. The molecule has 0 bridgehead atoms. The number of hydrogen-bond acceptors (Lipinski definition) is 3. The molecule has 2 heterocycles. The number of aromatic amines is 1. The Morgan fingerprint density at radius 1 is 1.17 bits per heavy atom. The lowest BCUT2D eigenvalue weighted by molar-refractivity contribution is -0.118. The van der Waals surface area contributed by atoms with Crippen LogP contribution >= 0.6 is 11.6 Å². The van der Waals surface area contributed by atoms with Gasteiger partial charge in [0.05, 0.1) is 5.69 Å². The van der Waals surface area contributed by atoms with Crippen molar-refractivity contribution in [1.82, 2.24) is 4.98 Å². The Morgan fingerprint density at radius 2 is 2.04 bits per heavy atom. The summed E-state index contributed by atoms with van der Waals surface area (Å²) in [7, 11) is 0. The predicted molar refractivity (Wildman–Crippen MR) is 91.8 cm³/mol. The molecule has 0 aliphatic carbocycles. The lowest BCUT2D eigenvalue weighted by Crippen LogP contribution is -2.25. The van der Waals surface area contributed by atoms with E-state index < -0.39 is 0 Å². The molecule has 1 aliphatic heterocycles. The molecule has 6 nitrogen and oxygen atoms in total. The molecule has 1 aromatic heterocycles. The number of amides is 2. The van der Waals surface area contributed by atoms with Crippen LogP contribution in [0.2, 0.25) is 5.02 Å². The highest BCUT2D eigenvalue weighted by Gasteiger charge is 2.17. The van der Waals surface area contributed by atoms with Gasteiger partial charge in [0.1, 0.15) is 11.4 Å². The largest absolute Gasteiger partial charge is 0.482 e. The molecular formula is C17H12ClN3O3. The second-order valence-corrected chi connectivity index (χ2v) is 5.85. The Balaban J connectivity index is 1.59. The molecular weight excluding hydrogens is 330 g/mol. The molecule has 7 heteroatoms. The summed E-state index contributed by atoms with van der Waals surface area (Å²) in [6.45, 7) is -0.00364. The summed E-state index contributed by atoms with van der Waals surface area (Å²) in [6, 6.07) is 12.2. The van der Waals surface area contributed by atoms with Gasteiger partial charge in [0.25, 0.3) is 11.8 Å². The van der Waals surface area contributed by atoms with Crippen LogP contribution in [0.15, 0.2) is 42.5 Å². The summed E-state index contributed by atoms with van der Waals surface area (Å²) in [6.07, 6.45) is 0. The summed E-state index contributed by atoms with van der Waals surface area (Å²) in [5.74, 6) is 0.0663. The maximum atomic E-state index is 12.4. The molecule has 3 N–H and O–H groups in total. The van der Waals surface area contributed by atoms with Crippen molar-refractivity contribution in [3.8, 4) is 5.75 Å². The number of ether oxygens (including phenoxy) is 1. The SMILES string of the molecule is O=C1COc2ccc(NC(=O)c3cc4cc(Cl)ccc4[nH]3)cc2N1. The molecule has 120 valence electrons. The highest BCUT2D eigenvalue weighted by molar-refractivity contribution is 6.31. The number of fused-ring (bicyclic) bond motifs is 2. The first kappa shape index (κ1) is 14.6. The maximum Gasteiger partial charge on any atom is 0.272 e. The molecule has 0 atom stereocenters. The summed E-state index contributed by atoms with van der Waals surface area (Å²) in [5.41, 5.74) is 2.34. The summed E-state index contributed by atoms with van der Waals surface area (Å²) in [4.78, 5) is 26.8. The van der Waals surface area contributed by atoms with Gasteiger partial charge in [-0.15, -0.1) is 0 Å². The van der Waals surface area contributed by atoms with E-state index in [1.54, 1.807) is 36.4 Å². The highest BCUT2D eigenvalue weighted by atomic mass is 35.5. The number of hydrogen-bond donors (Lipinski definition) is 3. The second-order valence-electron chi connectivity index (χ2n) is 5.42. The predicted octanol–water partition coefficient (Wildman–Crippen LogP) is 3.40. The van der Waals surface area contributed by atoms with E-state index in [1.165, 1.54) is 0 Å². The Hall–Kier alpha value is -2.99. The van der Waals surface area contributed by atoms with Crippen LogP contribution in [0.4, 0.5) is 11.4 Å². The fraction of sp³-hybridized carbons (Fsp3) is 0.0588. The maximum absolute atomic E-state index is 12.4. The molecule has 0 radical (unpaired) electrons. The van der Waals surface area contributed by atoms with Crippen molar-refractivity contribution >= 4 is 45.7 Å². The van der Waals surface area contributed by atoms with Crippen LogP contribution in [0.5, 0.6) is 5.75 Å². The van der Waals surface area contributed by atoms with Crippen molar-refractivity contribution in [3.05, 3.63) is 53.2 Å². The topological polar surface area (TPSA) is 83.2 Å². The number of nitrogens with one attached hydrogen (secondary N) is 3. The minimum atomic E-state index is -0.287. The Kier molecular flexibility index (Phi) is 3.39. The third kappa shape index (κ3) is 2.68. The van der Waals surface area contributed by atoms with E-state index in [9.17, 15) is 9.59 Å². The quantitative estimate of drug-likeness (QED) is 0.668. The summed E-state index contributed by atoms with van der Waals surface area (Å²) >= 11 is 5.96. The van der Waals surface area contributed by atoms with E-state index in [1.807, 2.05) is 6.07 Å². The Morgan fingerprint density at radius 3 is 2.92 bits per heavy atom. The molecule has 24 heavy (non-hydrogen) atoms. The standard InChI is InChI=1S/C17H12ClN3O3/c18-10-1-3-12-9(5-10)6-14(20-12)17(23)19-11-2-4-15-13(7-11)21-16(22)8-24-15/h1-7,20H,8H2,(H,19,23)(H,21,22). The molecule has 2 aromatic carbocycles. The number of anilines is 2. The van der Waals surface area contributed by atoms with E-state index in [2.05, 4.69) is 15.6 Å². The van der Waals surface area contributed by atoms with Crippen LogP contribution in [0.1, 0.15) is 10.5 Å². The van der Waals surface area contributed by atoms with Gasteiger partial charge >= 0.3 is 0 Å². The summed E-state index contributed by atoms with van der Waals surface area (Å²) < 4.78 is 5.29. The van der Waals surface area contributed by atoms with Crippen LogP contribution in [-0.2, 0) is 4.79 Å². The van der Waals surface area contributed by atoms with Gasteiger partial charge in [-0.3, -0.25) is 9.59 Å². The van der Waals surface area contributed by atoms with Gasteiger partial charge in [0.2, 0.25) is 0 Å². The van der Waals surface area contributed by atoms with Gasteiger partial charge in [-0.2, -0.15) is 0 Å². The van der Waals surface area contributed by atoms with Crippen molar-refractivity contribution in [3.63, 3.8) is 0 Å². The first-order chi connectivity index (χ1) is 11.6. The molecule has 0 saturated heterocycles. The zero-order chi connectivity index (χ0) is 16.7. The molecule has 2 amide bonds. The normalized spacial score (nSPS) is 13.1. The van der Waals surface area contributed by atoms with E-state index in [4.69, 9.17) is 16.3 Å². The minimum Gasteiger partial charge on any atom is -0.482 e. The molecule has 0 unspecified atom stereocenters. The van der Waals surface area contributed by atoms with Crippen LogP contribution in [0.3, 0.4) is 0 Å². The minimum absolute atomic E-state index is 0.00364. The van der Waals surface area contributed by atoms with Crippen molar-refractivity contribution < 1.29 is 14.3 Å². The summed E-state index contributed by atoms with van der Waals surface area (Å²) in [5, 5.41) is 6.96. The van der Waals surface area contributed by atoms with Crippen molar-refractivity contribution in [2.75, 3.05) is 17.2 Å². The van der Waals surface area contributed by atoms with E-state index in [-0.39, 0.29) is 18.4 Å². The zero-order valence-electron chi connectivity index (χ0n) is 12.4. The van der Waals surface area contributed by atoms with Gasteiger partial charge in [-0.05, 0) is 42.5 Å². The third-order valence-electron chi connectivity index (χ3n) is 3.70. The second kappa shape index (κ2) is 5.58. The molecule has 4 rings (SSSR count). The number of aromatic nitrogens is 1. The van der Waals surface area contributed by atoms with Crippen LogP contribution in [-0.4, -0.2) is 23.4 Å².